The number of rotatable bonds is 7. The van der Waals surface area contributed by atoms with Crippen LogP contribution in [0.1, 0.15) is 54.4 Å². The summed E-state index contributed by atoms with van der Waals surface area (Å²) in [5, 5.41) is 15.8. The molecule has 6 heterocycles. The zero-order valence-electron chi connectivity index (χ0n) is 27.1. The van der Waals surface area contributed by atoms with Crippen LogP contribution in [0, 0.1) is 24.0 Å². The fourth-order valence-corrected chi connectivity index (χ4v) is 9.28. The Balaban J connectivity index is 1.36. The van der Waals surface area contributed by atoms with Gasteiger partial charge in [0.2, 0.25) is 13.9 Å². The molecule has 3 unspecified atom stereocenters. The van der Waals surface area contributed by atoms with Crippen LogP contribution >= 0.6 is 20.0 Å². The molecule has 0 saturated carbocycles. The van der Waals surface area contributed by atoms with E-state index in [1.165, 1.54) is 18.2 Å². The van der Waals surface area contributed by atoms with Crippen molar-refractivity contribution in [3.05, 3.63) is 52.2 Å². The number of pyridine rings is 1. The number of carbonyl (C=O) groups excluding carboxylic acids is 1. The molecule has 4 aliphatic heterocycles. The smallest absolute Gasteiger partial charge is 0.321 e. The highest BCUT2D eigenvalue weighted by Gasteiger charge is 2.57. The Morgan fingerprint density at radius 1 is 1.12 bits per heavy atom. The zero-order valence-corrected chi connectivity index (χ0v) is 28.7. The minimum absolute atomic E-state index is 0.0695. The third-order valence-electron chi connectivity index (χ3n) is 10.9. The summed E-state index contributed by atoms with van der Waals surface area (Å²) >= 11 is 6.91. The number of anilines is 1. The van der Waals surface area contributed by atoms with Crippen molar-refractivity contribution in [1.82, 2.24) is 25.2 Å². The number of hydrogen-bond acceptors (Lipinski definition) is 11. The lowest BCUT2D eigenvalue weighted by Crippen LogP contribution is -2.62. The van der Waals surface area contributed by atoms with Gasteiger partial charge < -0.3 is 29.8 Å². The first-order chi connectivity index (χ1) is 23.9. The summed E-state index contributed by atoms with van der Waals surface area (Å²) in [5.74, 6) is 0.862. The van der Waals surface area contributed by atoms with Gasteiger partial charge in [-0.15, -0.1) is 6.42 Å². The highest BCUT2D eigenvalue weighted by molar-refractivity contribution is 7.65. The molecule has 4 saturated heterocycles. The van der Waals surface area contributed by atoms with Crippen LogP contribution in [-0.4, -0.2) is 97.6 Å². The number of benzene rings is 2. The van der Waals surface area contributed by atoms with Gasteiger partial charge in [-0.1, -0.05) is 23.6 Å². The van der Waals surface area contributed by atoms with Gasteiger partial charge in [0.1, 0.15) is 28.0 Å². The van der Waals surface area contributed by atoms with Crippen LogP contribution in [0.3, 0.4) is 0 Å². The molecule has 16 heteroatoms. The second kappa shape index (κ2) is 12.3. The van der Waals surface area contributed by atoms with E-state index < -0.39 is 42.5 Å². The SMILES string of the molecule is BC(O)(Oc1nc(N2CC3CCC(C2)N3)c2c(Cl)nc(-c3cc(C(=O)P(O)O)cc4ccc(F)c(C#C)c34)c(F)c2n1)C12CCCN1CCC2. The monoisotopic (exact) mass is 720 g/mol. The number of aliphatic hydroxyl groups is 1. The number of ether oxygens (including phenoxy) is 1. The number of halogens is 3. The Morgan fingerprint density at radius 2 is 1.82 bits per heavy atom. The summed E-state index contributed by atoms with van der Waals surface area (Å²) in [6.07, 6.45) is 10.9. The number of carbonyl (C=O) groups is 1. The Morgan fingerprint density at radius 3 is 2.48 bits per heavy atom. The third-order valence-corrected chi connectivity index (χ3v) is 11.8. The molecule has 50 heavy (non-hydrogen) atoms. The van der Waals surface area contributed by atoms with Crippen LogP contribution in [0.15, 0.2) is 24.3 Å². The lowest BCUT2D eigenvalue weighted by atomic mass is 9.73. The van der Waals surface area contributed by atoms with E-state index in [9.17, 15) is 19.7 Å². The van der Waals surface area contributed by atoms with Crippen LogP contribution in [0.2, 0.25) is 5.15 Å². The van der Waals surface area contributed by atoms with Crippen molar-refractivity contribution in [1.29, 1.82) is 0 Å². The van der Waals surface area contributed by atoms with E-state index in [1.54, 1.807) is 7.85 Å². The largest absolute Gasteiger partial charge is 0.438 e. The minimum atomic E-state index is -3.04. The standard InChI is InChI=1S/C34H33BClF2N6O5P/c1-2-21-23(37)8-5-17-13-18(31(45)50(47)48)14-22(24(17)21)27-26(38)28-25(29(36)40-27)30(43-15-19-6-7-20(16-43)39-19)42-32(41-28)49-34(35,46)33-9-3-11-44(33)12-4-10-33/h1,5,8,13-14,19-20,39,46-48H,3-4,6-7,9-12,15-16,35H2. The van der Waals surface area contributed by atoms with Gasteiger partial charge in [0.05, 0.1) is 16.5 Å². The molecular weight excluding hydrogens is 688 g/mol. The van der Waals surface area contributed by atoms with Crippen molar-refractivity contribution >= 4 is 60.8 Å². The van der Waals surface area contributed by atoms with Gasteiger partial charge in [-0.2, -0.15) is 9.97 Å². The van der Waals surface area contributed by atoms with E-state index in [4.69, 9.17) is 27.7 Å². The molecule has 0 radical (unpaired) electrons. The fraction of sp³-hybridized carbons (Fsp3) is 0.412. The summed E-state index contributed by atoms with van der Waals surface area (Å²) in [4.78, 5) is 50.2. The third kappa shape index (κ3) is 5.25. The van der Waals surface area contributed by atoms with Crippen molar-refractivity contribution in [3.63, 3.8) is 0 Å². The Kier molecular flexibility index (Phi) is 8.27. The van der Waals surface area contributed by atoms with E-state index in [2.05, 4.69) is 26.1 Å². The molecule has 4 aliphatic rings. The van der Waals surface area contributed by atoms with Crippen LogP contribution in [0.4, 0.5) is 14.6 Å². The summed E-state index contributed by atoms with van der Waals surface area (Å²) < 4.78 is 38.6. The maximum Gasteiger partial charge on any atom is 0.321 e. The van der Waals surface area contributed by atoms with Gasteiger partial charge in [-0.3, -0.25) is 9.69 Å². The average Bonchev–Trinajstić information content (AvgIpc) is 3.80. The van der Waals surface area contributed by atoms with E-state index in [0.717, 1.165) is 57.7 Å². The van der Waals surface area contributed by atoms with E-state index in [-0.39, 0.29) is 61.6 Å². The van der Waals surface area contributed by atoms with Crippen molar-refractivity contribution in [2.24, 2.45) is 0 Å². The summed E-state index contributed by atoms with van der Waals surface area (Å²) in [7, 11) is -1.45. The number of fused-ring (bicyclic) bond motifs is 5. The van der Waals surface area contributed by atoms with Crippen molar-refractivity contribution < 1.29 is 33.2 Å². The number of piperazine rings is 1. The molecule has 11 nitrogen and oxygen atoms in total. The number of terminal acetylenes is 1. The molecule has 2 aromatic heterocycles. The first-order valence-electron chi connectivity index (χ1n) is 16.6. The van der Waals surface area contributed by atoms with Crippen LogP contribution in [-0.2, 0) is 0 Å². The molecule has 0 amide bonds. The zero-order chi connectivity index (χ0) is 35.1. The fourth-order valence-electron chi connectivity index (χ4n) is 8.66. The molecule has 4 aromatic rings. The minimum Gasteiger partial charge on any atom is -0.438 e. The van der Waals surface area contributed by atoms with E-state index >= 15 is 8.78 Å². The molecular formula is C34H33BClF2N6O5P. The predicted octanol–water partition coefficient (Wildman–Crippen LogP) is 3.42. The lowest BCUT2D eigenvalue weighted by molar-refractivity contribution is -0.154. The summed E-state index contributed by atoms with van der Waals surface area (Å²) in [5.41, 5.74) is -4.52. The van der Waals surface area contributed by atoms with Gasteiger partial charge in [0.15, 0.2) is 19.3 Å². The molecule has 0 aliphatic carbocycles. The van der Waals surface area contributed by atoms with Crippen molar-refractivity contribution in [2.45, 2.75) is 61.8 Å². The topological polar surface area (TPSA) is 144 Å². The quantitative estimate of drug-likeness (QED) is 0.0734. The second-order valence-electron chi connectivity index (χ2n) is 13.8. The normalized spacial score (nSPS) is 22.6. The average molecular weight is 721 g/mol. The lowest BCUT2D eigenvalue weighted by Gasteiger charge is -2.44. The summed E-state index contributed by atoms with van der Waals surface area (Å²) in [6, 6.07) is 5.08. The number of nitrogens with one attached hydrogen (secondary N) is 1. The van der Waals surface area contributed by atoms with Gasteiger partial charge in [0, 0.05) is 41.7 Å². The molecule has 2 aromatic carbocycles. The maximum atomic E-state index is 17.2. The van der Waals surface area contributed by atoms with Crippen molar-refractivity contribution in [3.8, 4) is 29.6 Å². The molecule has 4 N–H and O–H groups in total. The van der Waals surface area contributed by atoms with E-state index in [0.29, 0.717) is 18.9 Å². The highest BCUT2D eigenvalue weighted by atomic mass is 35.5. The maximum absolute atomic E-state index is 17.2. The van der Waals surface area contributed by atoms with Gasteiger partial charge in [-0.05, 0) is 75.2 Å². The predicted molar refractivity (Wildman–Crippen MR) is 188 cm³/mol. The number of nitrogens with zero attached hydrogens (tertiary/aromatic N) is 5. The van der Waals surface area contributed by atoms with Gasteiger partial charge in [0.25, 0.3) is 0 Å². The number of hydrogen-bond donors (Lipinski definition) is 4. The van der Waals surface area contributed by atoms with Crippen molar-refractivity contribution in [2.75, 3.05) is 31.1 Å². The highest BCUT2D eigenvalue weighted by Crippen LogP contribution is 2.47. The van der Waals surface area contributed by atoms with E-state index in [1.807, 2.05) is 4.90 Å². The van der Waals surface area contributed by atoms with Gasteiger partial charge >= 0.3 is 6.01 Å². The summed E-state index contributed by atoms with van der Waals surface area (Å²) in [6.45, 7) is 2.77. The van der Waals surface area contributed by atoms with Crippen LogP contribution in [0.5, 0.6) is 6.01 Å². The number of aromatic nitrogens is 3. The molecule has 3 atom stereocenters. The first kappa shape index (κ1) is 33.6. The van der Waals surface area contributed by atoms with Crippen LogP contribution in [0.25, 0.3) is 32.9 Å². The molecule has 258 valence electrons. The van der Waals surface area contributed by atoms with Gasteiger partial charge in [-0.25, -0.2) is 13.8 Å². The first-order valence-corrected chi connectivity index (χ1v) is 18.2. The molecule has 8 rings (SSSR count). The molecule has 2 bridgehead atoms. The second-order valence-corrected chi connectivity index (χ2v) is 15.1. The Hall–Kier alpha value is -3.54. The Labute approximate surface area is 293 Å². The Bertz CT molecular complexity index is 2110. The molecule has 0 spiro atoms. The molecule has 4 fully saturated rings. The van der Waals surface area contributed by atoms with Crippen LogP contribution < -0.4 is 15.0 Å².